The quantitative estimate of drug-likeness (QED) is 0.704. The molecule has 0 unspecified atom stereocenters. The summed E-state index contributed by atoms with van der Waals surface area (Å²) in [7, 11) is 0. The van der Waals surface area contributed by atoms with Crippen molar-refractivity contribution in [3.63, 3.8) is 0 Å². The van der Waals surface area contributed by atoms with Gasteiger partial charge in [0.05, 0.1) is 28.8 Å². The normalized spacial score (nSPS) is 10.8. The lowest BCUT2D eigenvalue weighted by Crippen LogP contribution is -2.26. The third-order valence-corrected chi connectivity index (χ3v) is 4.13. The van der Waals surface area contributed by atoms with E-state index in [0.717, 1.165) is 35.6 Å². The van der Waals surface area contributed by atoms with Crippen LogP contribution in [0.2, 0.25) is 0 Å². The molecule has 6 heteroatoms. The molecular formula is C19H23N5O. The van der Waals surface area contributed by atoms with Gasteiger partial charge in [0.2, 0.25) is 0 Å². The van der Waals surface area contributed by atoms with E-state index in [1.165, 1.54) is 0 Å². The lowest BCUT2D eigenvalue weighted by atomic mass is 10.2. The van der Waals surface area contributed by atoms with Gasteiger partial charge in [-0.1, -0.05) is 18.2 Å². The molecule has 0 saturated carbocycles. The first-order valence-corrected chi connectivity index (χ1v) is 8.45. The van der Waals surface area contributed by atoms with Crippen LogP contribution in [0.4, 0.5) is 0 Å². The molecule has 0 aliphatic heterocycles. The maximum absolute atomic E-state index is 12.6. The highest BCUT2D eigenvalue weighted by Gasteiger charge is 2.18. The Labute approximate surface area is 147 Å². The minimum atomic E-state index is -0.0752. The number of aromatic nitrogens is 4. The molecule has 0 saturated heterocycles. The lowest BCUT2D eigenvalue weighted by molar-refractivity contribution is 0.0951. The fourth-order valence-corrected chi connectivity index (χ4v) is 2.91. The summed E-state index contributed by atoms with van der Waals surface area (Å²) >= 11 is 0. The molecule has 0 aliphatic rings. The first-order valence-electron chi connectivity index (χ1n) is 8.45. The molecule has 1 N–H and O–H groups in total. The Hall–Kier alpha value is -2.89. The minimum Gasteiger partial charge on any atom is -0.352 e. The molecule has 0 radical (unpaired) electrons. The van der Waals surface area contributed by atoms with Gasteiger partial charge in [0.25, 0.3) is 5.91 Å². The van der Waals surface area contributed by atoms with Gasteiger partial charge in [0.1, 0.15) is 0 Å². The monoisotopic (exact) mass is 337 g/mol. The van der Waals surface area contributed by atoms with Crippen molar-refractivity contribution in [1.82, 2.24) is 24.9 Å². The van der Waals surface area contributed by atoms with Crippen LogP contribution in [0.15, 0.2) is 42.7 Å². The Balaban J connectivity index is 1.63. The van der Waals surface area contributed by atoms with Gasteiger partial charge in [-0.15, -0.1) is 0 Å². The van der Waals surface area contributed by atoms with Crippen molar-refractivity contribution in [2.45, 2.75) is 33.7 Å². The molecule has 0 spiro atoms. The number of carbonyl (C=O) groups excluding carboxylic acids is 1. The Morgan fingerprint density at radius 1 is 1.16 bits per heavy atom. The molecule has 6 nitrogen and oxygen atoms in total. The van der Waals surface area contributed by atoms with Crippen molar-refractivity contribution >= 4 is 5.91 Å². The molecule has 1 amide bonds. The van der Waals surface area contributed by atoms with Crippen LogP contribution in [0.5, 0.6) is 0 Å². The highest BCUT2D eigenvalue weighted by molar-refractivity contribution is 5.96. The number of nitrogens with one attached hydrogen (secondary N) is 1. The third-order valence-electron chi connectivity index (χ3n) is 4.13. The second kappa shape index (κ2) is 7.34. The van der Waals surface area contributed by atoms with Gasteiger partial charge in [0, 0.05) is 19.3 Å². The molecule has 0 fully saturated rings. The number of hydrogen-bond acceptors (Lipinski definition) is 3. The average molecular weight is 337 g/mol. The second-order valence-electron chi connectivity index (χ2n) is 6.18. The number of aryl methyl sites for hydroxylation is 3. The summed E-state index contributed by atoms with van der Waals surface area (Å²) in [6.45, 7) is 7.20. The van der Waals surface area contributed by atoms with E-state index in [0.29, 0.717) is 12.1 Å². The Kier molecular flexibility index (Phi) is 4.97. The van der Waals surface area contributed by atoms with E-state index in [2.05, 4.69) is 15.5 Å². The molecule has 2 heterocycles. The van der Waals surface area contributed by atoms with Crippen LogP contribution in [0, 0.1) is 20.8 Å². The highest BCUT2D eigenvalue weighted by Crippen LogP contribution is 2.17. The van der Waals surface area contributed by atoms with Crippen molar-refractivity contribution < 1.29 is 4.79 Å². The van der Waals surface area contributed by atoms with Crippen molar-refractivity contribution in [3.8, 4) is 5.69 Å². The zero-order valence-electron chi connectivity index (χ0n) is 14.9. The molecule has 2 aromatic heterocycles. The van der Waals surface area contributed by atoms with Gasteiger partial charge in [-0.25, -0.2) is 4.68 Å². The average Bonchev–Trinajstić information content (AvgIpc) is 3.15. The predicted molar refractivity (Wildman–Crippen MR) is 97.0 cm³/mol. The van der Waals surface area contributed by atoms with Crippen molar-refractivity contribution in [1.29, 1.82) is 0 Å². The number of rotatable bonds is 6. The van der Waals surface area contributed by atoms with Gasteiger partial charge in [0.15, 0.2) is 0 Å². The van der Waals surface area contributed by atoms with Crippen LogP contribution in [0.25, 0.3) is 5.69 Å². The molecule has 3 rings (SSSR count). The topological polar surface area (TPSA) is 64.7 Å². The summed E-state index contributed by atoms with van der Waals surface area (Å²) < 4.78 is 3.71. The minimum absolute atomic E-state index is 0.0752. The summed E-state index contributed by atoms with van der Waals surface area (Å²) in [4.78, 5) is 12.6. The zero-order chi connectivity index (χ0) is 17.8. The van der Waals surface area contributed by atoms with E-state index in [1.54, 1.807) is 0 Å². The van der Waals surface area contributed by atoms with Gasteiger partial charge >= 0.3 is 0 Å². The van der Waals surface area contributed by atoms with Crippen LogP contribution in [-0.2, 0) is 6.54 Å². The zero-order valence-corrected chi connectivity index (χ0v) is 14.9. The predicted octanol–water partition coefficient (Wildman–Crippen LogP) is 2.81. The van der Waals surface area contributed by atoms with E-state index in [4.69, 9.17) is 0 Å². The number of nitrogens with zero attached hydrogens (tertiary/aromatic N) is 4. The van der Waals surface area contributed by atoms with Gasteiger partial charge < -0.3 is 5.32 Å². The van der Waals surface area contributed by atoms with Crippen LogP contribution >= 0.6 is 0 Å². The fraction of sp³-hybridized carbons (Fsp3) is 0.316. The first kappa shape index (κ1) is 17.0. The lowest BCUT2D eigenvalue weighted by Gasteiger charge is -2.07. The Bertz CT molecular complexity index is 863. The van der Waals surface area contributed by atoms with Crippen molar-refractivity contribution in [2.75, 3.05) is 6.54 Å². The number of hydrogen-bond donors (Lipinski definition) is 1. The Morgan fingerprint density at radius 2 is 1.92 bits per heavy atom. The highest BCUT2D eigenvalue weighted by atomic mass is 16.1. The van der Waals surface area contributed by atoms with Crippen LogP contribution in [0.3, 0.4) is 0 Å². The van der Waals surface area contributed by atoms with Crippen LogP contribution in [0.1, 0.15) is 33.7 Å². The maximum Gasteiger partial charge on any atom is 0.255 e. The maximum atomic E-state index is 12.6. The Morgan fingerprint density at radius 3 is 2.60 bits per heavy atom. The summed E-state index contributed by atoms with van der Waals surface area (Å²) in [6, 6.07) is 9.84. The molecule has 130 valence electrons. The second-order valence-corrected chi connectivity index (χ2v) is 6.18. The molecule has 25 heavy (non-hydrogen) atoms. The van der Waals surface area contributed by atoms with E-state index < -0.39 is 0 Å². The van der Waals surface area contributed by atoms with E-state index in [-0.39, 0.29) is 5.91 Å². The molecule has 0 aliphatic carbocycles. The molecule has 0 bridgehead atoms. The van der Waals surface area contributed by atoms with Crippen LogP contribution in [-0.4, -0.2) is 32.0 Å². The summed E-state index contributed by atoms with van der Waals surface area (Å²) in [5.41, 5.74) is 4.34. The fourth-order valence-electron chi connectivity index (χ4n) is 2.91. The van der Waals surface area contributed by atoms with Gasteiger partial charge in [-0.05, 0) is 44.9 Å². The molecule has 1 aromatic carbocycles. The van der Waals surface area contributed by atoms with E-state index in [1.807, 2.05) is 72.9 Å². The van der Waals surface area contributed by atoms with Crippen LogP contribution < -0.4 is 5.32 Å². The number of benzene rings is 1. The number of carbonyl (C=O) groups is 1. The summed E-state index contributed by atoms with van der Waals surface area (Å²) in [6.07, 6.45) is 4.67. The largest absolute Gasteiger partial charge is 0.352 e. The van der Waals surface area contributed by atoms with Gasteiger partial charge in [-0.3, -0.25) is 9.48 Å². The molecule has 0 atom stereocenters. The summed E-state index contributed by atoms with van der Waals surface area (Å²) in [5.74, 6) is -0.0752. The van der Waals surface area contributed by atoms with E-state index in [9.17, 15) is 4.79 Å². The standard InChI is InChI=1S/C19H23N5O/c1-14-12-21-23(13-14)11-7-10-20-19(25)18-15(2)22-24(16(18)3)17-8-5-4-6-9-17/h4-6,8-9,12-13H,7,10-11H2,1-3H3,(H,20,25). The number of amides is 1. The van der Waals surface area contributed by atoms with E-state index >= 15 is 0 Å². The third kappa shape index (κ3) is 3.79. The molecular weight excluding hydrogens is 314 g/mol. The number of para-hydroxylation sites is 1. The smallest absolute Gasteiger partial charge is 0.255 e. The first-order chi connectivity index (χ1) is 12.1. The summed E-state index contributed by atoms with van der Waals surface area (Å²) in [5, 5.41) is 11.8. The SMILES string of the molecule is Cc1cnn(CCCNC(=O)c2c(C)nn(-c3ccccc3)c2C)c1. The van der Waals surface area contributed by atoms with Crippen molar-refractivity contribution in [3.05, 3.63) is 65.2 Å². The van der Waals surface area contributed by atoms with Crippen molar-refractivity contribution in [2.24, 2.45) is 0 Å². The molecule has 3 aromatic rings. The van der Waals surface area contributed by atoms with Gasteiger partial charge in [-0.2, -0.15) is 10.2 Å².